The van der Waals surface area contributed by atoms with Crippen LogP contribution in [0.4, 0.5) is 4.79 Å². The Hall–Kier alpha value is -1.26. The van der Waals surface area contributed by atoms with Gasteiger partial charge in [-0.1, -0.05) is 0 Å². The first kappa shape index (κ1) is 11.7. The van der Waals surface area contributed by atoms with E-state index < -0.39 is 6.09 Å². The molecule has 1 N–H and O–H groups in total. The van der Waals surface area contributed by atoms with Crippen LogP contribution in [-0.2, 0) is 14.3 Å². The molecule has 0 rings (SSSR count). The molecule has 0 radical (unpaired) electrons. The summed E-state index contributed by atoms with van der Waals surface area (Å²) in [5.41, 5.74) is 0. The lowest BCUT2D eigenvalue weighted by molar-refractivity contribution is -0.141. The predicted octanol–water partition coefficient (Wildman–Crippen LogP) is 0.684. The minimum atomic E-state index is -0.515. The molecular weight excluding hydrogens is 174 g/mol. The van der Waals surface area contributed by atoms with Gasteiger partial charge in [-0.25, -0.2) is 4.79 Å². The summed E-state index contributed by atoms with van der Waals surface area (Å²) in [6.07, 6.45) is -0.367. The van der Waals surface area contributed by atoms with Gasteiger partial charge in [-0.2, -0.15) is 0 Å². The molecule has 0 aliphatic carbocycles. The number of ether oxygens (including phenoxy) is 2. The number of methoxy groups -OCH3 is 1. The van der Waals surface area contributed by atoms with Gasteiger partial charge in [-0.3, -0.25) is 4.79 Å². The highest BCUT2D eigenvalue weighted by Gasteiger charge is 2.11. The van der Waals surface area contributed by atoms with Crippen molar-refractivity contribution in [2.45, 2.75) is 26.3 Å². The predicted molar refractivity (Wildman–Crippen MR) is 46.3 cm³/mol. The van der Waals surface area contributed by atoms with E-state index in [-0.39, 0.29) is 18.4 Å². The minimum Gasteiger partial charge on any atom is -0.469 e. The fourth-order valence-corrected chi connectivity index (χ4v) is 0.758. The summed E-state index contributed by atoms with van der Waals surface area (Å²) in [5.74, 6) is -0.357. The van der Waals surface area contributed by atoms with Crippen molar-refractivity contribution >= 4 is 12.1 Å². The van der Waals surface area contributed by atoms with Gasteiger partial charge in [0, 0.05) is 6.04 Å². The van der Waals surface area contributed by atoms with E-state index in [1.165, 1.54) is 7.11 Å². The third kappa shape index (κ3) is 5.95. The van der Waals surface area contributed by atoms with E-state index in [4.69, 9.17) is 0 Å². The highest BCUT2D eigenvalue weighted by Crippen LogP contribution is 1.93. The molecule has 0 aromatic heterocycles. The van der Waals surface area contributed by atoms with Crippen LogP contribution in [0.2, 0.25) is 0 Å². The Kier molecular flexibility index (Phi) is 5.67. The fraction of sp³-hybridized carbons (Fsp3) is 0.750. The number of rotatable bonds is 4. The normalized spacial score (nSPS) is 11.6. The maximum atomic E-state index is 10.8. The van der Waals surface area contributed by atoms with Crippen molar-refractivity contribution in [2.24, 2.45) is 0 Å². The van der Waals surface area contributed by atoms with Gasteiger partial charge in [-0.05, 0) is 13.8 Å². The summed E-state index contributed by atoms with van der Waals surface area (Å²) in [6, 6.07) is -0.272. The third-order valence-electron chi connectivity index (χ3n) is 1.34. The molecule has 0 aliphatic heterocycles. The summed E-state index contributed by atoms with van der Waals surface area (Å²) in [7, 11) is 1.30. The number of hydrogen-bond donors (Lipinski definition) is 1. The van der Waals surface area contributed by atoms with E-state index in [2.05, 4.69) is 14.8 Å². The highest BCUT2D eigenvalue weighted by atomic mass is 16.5. The van der Waals surface area contributed by atoms with Gasteiger partial charge in [0.25, 0.3) is 0 Å². The van der Waals surface area contributed by atoms with Crippen LogP contribution in [0.15, 0.2) is 0 Å². The Balaban J connectivity index is 3.67. The van der Waals surface area contributed by atoms with E-state index >= 15 is 0 Å². The van der Waals surface area contributed by atoms with E-state index in [0.717, 1.165) is 0 Å². The van der Waals surface area contributed by atoms with Crippen molar-refractivity contribution in [1.82, 2.24) is 5.32 Å². The summed E-state index contributed by atoms with van der Waals surface area (Å²) < 4.78 is 9.06. The second kappa shape index (κ2) is 6.28. The molecule has 0 fully saturated rings. The van der Waals surface area contributed by atoms with E-state index in [1.807, 2.05) is 0 Å². The van der Waals surface area contributed by atoms with E-state index in [9.17, 15) is 9.59 Å². The van der Waals surface area contributed by atoms with Gasteiger partial charge >= 0.3 is 12.1 Å². The number of hydrogen-bond acceptors (Lipinski definition) is 4. The van der Waals surface area contributed by atoms with Crippen LogP contribution < -0.4 is 5.32 Å². The molecule has 5 heteroatoms. The SMILES string of the molecule is CCOC(=O)NC(C)CC(=O)OC. The van der Waals surface area contributed by atoms with Crippen LogP contribution in [0.3, 0.4) is 0 Å². The molecule has 0 bridgehead atoms. The van der Waals surface area contributed by atoms with Gasteiger partial charge in [0.2, 0.25) is 0 Å². The van der Waals surface area contributed by atoms with Crippen LogP contribution in [0, 0.1) is 0 Å². The van der Waals surface area contributed by atoms with Crippen molar-refractivity contribution < 1.29 is 19.1 Å². The number of carbonyl (C=O) groups is 2. The van der Waals surface area contributed by atoms with Crippen molar-refractivity contribution in [3.63, 3.8) is 0 Å². The molecule has 1 unspecified atom stereocenters. The van der Waals surface area contributed by atoms with Crippen LogP contribution in [0.5, 0.6) is 0 Å². The van der Waals surface area contributed by atoms with Crippen LogP contribution >= 0.6 is 0 Å². The molecule has 0 saturated carbocycles. The monoisotopic (exact) mass is 189 g/mol. The average molecular weight is 189 g/mol. The Bertz CT molecular complexity index is 181. The largest absolute Gasteiger partial charge is 0.469 e. The second-order valence-electron chi connectivity index (χ2n) is 2.55. The molecule has 76 valence electrons. The summed E-state index contributed by atoms with van der Waals surface area (Å²) >= 11 is 0. The van der Waals surface area contributed by atoms with E-state index in [1.54, 1.807) is 13.8 Å². The smallest absolute Gasteiger partial charge is 0.407 e. The summed E-state index contributed by atoms with van der Waals surface area (Å²) in [5, 5.41) is 2.48. The van der Waals surface area contributed by atoms with E-state index in [0.29, 0.717) is 6.61 Å². The Morgan fingerprint density at radius 3 is 2.54 bits per heavy atom. The molecule has 0 aromatic carbocycles. The van der Waals surface area contributed by atoms with Crippen molar-refractivity contribution in [3.05, 3.63) is 0 Å². The molecule has 0 aromatic rings. The van der Waals surface area contributed by atoms with Crippen LogP contribution in [0.1, 0.15) is 20.3 Å². The minimum absolute atomic E-state index is 0.148. The maximum Gasteiger partial charge on any atom is 0.407 e. The number of amides is 1. The number of nitrogens with one attached hydrogen (secondary N) is 1. The van der Waals surface area contributed by atoms with Crippen molar-refractivity contribution in [1.29, 1.82) is 0 Å². The Morgan fingerprint density at radius 2 is 2.08 bits per heavy atom. The van der Waals surface area contributed by atoms with Gasteiger partial charge < -0.3 is 14.8 Å². The fourth-order valence-electron chi connectivity index (χ4n) is 0.758. The quantitative estimate of drug-likeness (QED) is 0.660. The summed E-state index contributed by atoms with van der Waals surface area (Å²) in [6.45, 7) is 3.73. The standard InChI is InChI=1S/C8H15NO4/c1-4-13-8(11)9-6(2)5-7(10)12-3/h6H,4-5H2,1-3H3,(H,9,11). The number of alkyl carbamates (subject to hydrolysis) is 1. The first-order valence-corrected chi connectivity index (χ1v) is 4.10. The zero-order valence-corrected chi connectivity index (χ0v) is 8.12. The second-order valence-corrected chi connectivity index (χ2v) is 2.55. The molecule has 0 spiro atoms. The Labute approximate surface area is 77.4 Å². The van der Waals surface area contributed by atoms with Crippen molar-refractivity contribution in [2.75, 3.05) is 13.7 Å². The molecule has 5 nitrogen and oxygen atoms in total. The first-order chi connectivity index (χ1) is 6.10. The van der Waals surface area contributed by atoms with Crippen molar-refractivity contribution in [3.8, 4) is 0 Å². The zero-order chi connectivity index (χ0) is 10.3. The average Bonchev–Trinajstić information content (AvgIpc) is 2.04. The molecular formula is C8H15NO4. The topological polar surface area (TPSA) is 64.6 Å². The molecule has 1 amide bonds. The van der Waals surface area contributed by atoms with Gasteiger partial charge in [-0.15, -0.1) is 0 Å². The molecule has 0 saturated heterocycles. The van der Waals surface area contributed by atoms with Crippen LogP contribution in [-0.4, -0.2) is 31.8 Å². The molecule has 1 atom stereocenters. The Morgan fingerprint density at radius 1 is 1.46 bits per heavy atom. The van der Waals surface area contributed by atoms with Crippen LogP contribution in [0.25, 0.3) is 0 Å². The third-order valence-corrected chi connectivity index (χ3v) is 1.34. The molecule has 0 aliphatic rings. The highest BCUT2D eigenvalue weighted by molar-refractivity contribution is 5.72. The molecule has 0 heterocycles. The lowest BCUT2D eigenvalue weighted by atomic mass is 10.2. The maximum absolute atomic E-state index is 10.8. The lowest BCUT2D eigenvalue weighted by Crippen LogP contribution is -2.34. The zero-order valence-electron chi connectivity index (χ0n) is 8.12. The first-order valence-electron chi connectivity index (χ1n) is 4.10. The van der Waals surface area contributed by atoms with Gasteiger partial charge in [0.05, 0.1) is 20.1 Å². The molecule has 13 heavy (non-hydrogen) atoms. The summed E-state index contributed by atoms with van der Waals surface area (Å²) in [4.78, 5) is 21.6. The number of carbonyl (C=O) groups excluding carboxylic acids is 2. The van der Waals surface area contributed by atoms with Gasteiger partial charge in [0.1, 0.15) is 0 Å². The lowest BCUT2D eigenvalue weighted by Gasteiger charge is -2.11. The van der Waals surface area contributed by atoms with Gasteiger partial charge in [0.15, 0.2) is 0 Å². The number of esters is 1.